The summed E-state index contributed by atoms with van der Waals surface area (Å²) < 4.78 is 5.67. The van der Waals surface area contributed by atoms with E-state index >= 15 is 0 Å². The number of hydrogen-bond acceptors (Lipinski definition) is 4. The van der Waals surface area contributed by atoms with Crippen LogP contribution in [-0.4, -0.2) is 34.6 Å². The normalized spacial score (nSPS) is 14.2. The van der Waals surface area contributed by atoms with E-state index in [1.807, 2.05) is 0 Å². The fourth-order valence-corrected chi connectivity index (χ4v) is 2.16. The molecule has 1 aromatic heterocycles. The van der Waals surface area contributed by atoms with Gasteiger partial charge in [-0.2, -0.15) is 0 Å². The first kappa shape index (κ1) is 16.3. The Bertz CT molecular complexity index is 515. The third kappa shape index (κ3) is 5.35. The third-order valence-corrected chi connectivity index (χ3v) is 3.69. The second-order valence-electron chi connectivity index (χ2n) is 5.51. The number of aromatic nitrogens is 1. The lowest BCUT2D eigenvalue weighted by molar-refractivity contribution is -0.137. The molecular formula is C16H22N2O4. The number of rotatable bonds is 9. The monoisotopic (exact) mass is 306 g/mol. The summed E-state index contributed by atoms with van der Waals surface area (Å²) in [5.74, 6) is -0.433. The maximum atomic E-state index is 12.0. The van der Waals surface area contributed by atoms with Crippen LogP contribution in [0.5, 0.6) is 5.88 Å². The van der Waals surface area contributed by atoms with Gasteiger partial charge in [0, 0.05) is 30.8 Å². The smallest absolute Gasteiger partial charge is 0.303 e. The van der Waals surface area contributed by atoms with E-state index in [0.717, 1.165) is 25.7 Å². The Morgan fingerprint density at radius 1 is 1.32 bits per heavy atom. The van der Waals surface area contributed by atoms with Gasteiger partial charge < -0.3 is 15.2 Å². The van der Waals surface area contributed by atoms with Crippen molar-refractivity contribution in [2.45, 2.75) is 51.0 Å². The SMILES string of the molecule is O=C(O)CCCCCNC(=O)c1ccnc(OC2CCC2)c1. The lowest BCUT2D eigenvalue weighted by Gasteiger charge is -2.25. The molecule has 1 aliphatic carbocycles. The first-order valence-corrected chi connectivity index (χ1v) is 7.78. The van der Waals surface area contributed by atoms with E-state index in [0.29, 0.717) is 24.4 Å². The third-order valence-electron chi connectivity index (χ3n) is 3.69. The fourth-order valence-electron chi connectivity index (χ4n) is 2.16. The van der Waals surface area contributed by atoms with Crippen molar-refractivity contribution >= 4 is 11.9 Å². The fraction of sp³-hybridized carbons (Fsp3) is 0.562. The average molecular weight is 306 g/mol. The number of amides is 1. The van der Waals surface area contributed by atoms with E-state index in [2.05, 4.69) is 10.3 Å². The number of nitrogens with zero attached hydrogens (tertiary/aromatic N) is 1. The van der Waals surface area contributed by atoms with E-state index in [4.69, 9.17) is 9.84 Å². The Labute approximate surface area is 129 Å². The second kappa shape index (κ2) is 8.36. The molecule has 0 aromatic carbocycles. The van der Waals surface area contributed by atoms with Crippen LogP contribution in [0.15, 0.2) is 18.3 Å². The largest absolute Gasteiger partial charge is 0.481 e. The number of unbranched alkanes of at least 4 members (excludes halogenated alkanes) is 2. The molecule has 1 fully saturated rings. The molecule has 22 heavy (non-hydrogen) atoms. The first-order chi connectivity index (χ1) is 10.6. The molecule has 0 spiro atoms. The number of aliphatic carboxylic acids is 1. The summed E-state index contributed by atoms with van der Waals surface area (Å²) in [5.41, 5.74) is 0.537. The Morgan fingerprint density at radius 3 is 2.82 bits per heavy atom. The van der Waals surface area contributed by atoms with Gasteiger partial charge in [-0.3, -0.25) is 9.59 Å². The van der Waals surface area contributed by atoms with Crippen LogP contribution in [0.25, 0.3) is 0 Å². The van der Waals surface area contributed by atoms with Gasteiger partial charge in [0.05, 0.1) is 0 Å². The number of pyridine rings is 1. The molecule has 0 bridgehead atoms. The lowest BCUT2D eigenvalue weighted by Crippen LogP contribution is -2.26. The maximum Gasteiger partial charge on any atom is 0.303 e. The molecule has 0 unspecified atom stereocenters. The van der Waals surface area contributed by atoms with Gasteiger partial charge >= 0.3 is 5.97 Å². The van der Waals surface area contributed by atoms with Crippen LogP contribution >= 0.6 is 0 Å². The highest BCUT2D eigenvalue weighted by atomic mass is 16.5. The molecule has 0 radical (unpaired) electrons. The van der Waals surface area contributed by atoms with E-state index in [9.17, 15) is 9.59 Å². The van der Waals surface area contributed by atoms with Gasteiger partial charge in [-0.15, -0.1) is 0 Å². The summed E-state index contributed by atoms with van der Waals surface area (Å²) in [6.07, 6.45) is 7.49. The Hall–Kier alpha value is -2.11. The molecule has 1 aliphatic rings. The summed E-state index contributed by atoms with van der Waals surface area (Å²) in [5, 5.41) is 11.4. The predicted octanol–water partition coefficient (Wildman–Crippen LogP) is 2.39. The summed E-state index contributed by atoms with van der Waals surface area (Å²) in [7, 11) is 0. The van der Waals surface area contributed by atoms with E-state index in [1.54, 1.807) is 18.3 Å². The molecular weight excluding hydrogens is 284 g/mol. The Morgan fingerprint density at radius 2 is 2.14 bits per heavy atom. The Balaban J connectivity index is 1.70. The minimum atomic E-state index is -0.778. The molecule has 0 aliphatic heterocycles. The van der Waals surface area contributed by atoms with Crippen molar-refractivity contribution in [2.24, 2.45) is 0 Å². The zero-order valence-electron chi connectivity index (χ0n) is 12.6. The van der Waals surface area contributed by atoms with Crippen LogP contribution in [0.3, 0.4) is 0 Å². The average Bonchev–Trinajstić information content (AvgIpc) is 2.46. The van der Waals surface area contributed by atoms with Gasteiger partial charge in [0.1, 0.15) is 6.10 Å². The number of nitrogens with one attached hydrogen (secondary N) is 1. The van der Waals surface area contributed by atoms with Crippen molar-refractivity contribution < 1.29 is 19.4 Å². The molecule has 6 heteroatoms. The summed E-state index contributed by atoms with van der Waals surface area (Å²) in [4.78, 5) is 26.5. The molecule has 1 heterocycles. The number of carbonyl (C=O) groups is 2. The van der Waals surface area contributed by atoms with E-state index in [-0.39, 0.29) is 18.4 Å². The van der Waals surface area contributed by atoms with Crippen molar-refractivity contribution in [2.75, 3.05) is 6.54 Å². The summed E-state index contributed by atoms with van der Waals surface area (Å²) in [6, 6.07) is 3.32. The van der Waals surface area contributed by atoms with Crippen molar-refractivity contribution in [1.29, 1.82) is 0 Å². The van der Waals surface area contributed by atoms with Crippen LogP contribution in [-0.2, 0) is 4.79 Å². The number of carboxylic acids is 1. The van der Waals surface area contributed by atoms with Gasteiger partial charge in [0.2, 0.25) is 5.88 Å². The molecule has 1 saturated carbocycles. The highest BCUT2D eigenvalue weighted by Crippen LogP contribution is 2.24. The highest BCUT2D eigenvalue weighted by Gasteiger charge is 2.20. The molecule has 6 nitrogen and oxygen atoms in total. The maximum absolute atomic E-state index is 12.0. The molecule has 0 atom stereocenters. The molecule has 120 valence electrons. The minimum absolute atomic E-state index is 0.154. The molecule has 1 aromatic rings. The number of ether oxygens (including phenoxy) is 1. The highest BCUT2D eigenvalue weighted by molar-refractivity contribution is 5.94. The van der Waals surface area contributed by atoms with Crippen molar-refractivity contribution in [1.82, 2.24) is 10.3 Å². The predicted molar refractivity (Wildman–Crippen MR) is 80.9 cm³/mol. The standard InChI is InChI=1S/C16H22N2O4/c19-15(20)7-2-1-3-9-18-16(21)12-8-10-17-14(11-12)22-13-5-4-6-13/h8,10-11,13H,1-7,9H2,(H,18,21)(H,19,20). The number of carboxylic acid groups (broad SMARTS) is 1. The quantitative estimate of drug-likeness (QED) is 0.684. The van der Waals surface area contributed by atoms with Gasteiger partial charge in [0.25, 0.3) is 5.91 Å². The summed E-state index contributed by atoms with van der Waals surface area (Å²) in [6.45, 7) is 0.541. The Kier molecular flexibility index (Phi) is 6.18. The van der Waals surface area contributed by atoms with Crippen LogP contribution in [0.2, 0.25) is 0 Å². The van der Waals surface area contributed by atoms with Crippen molar-refractivity contribution in [3.8, 4) is 5.88 Å². The number of carbonyl (C=O) groups excluding carboxylic acids is 1. The zero-order chi connectivity index (χ0) is 15.8. The summed E-state index contributed by atoms with van der Waals surface area (Å²) >= 11 is 0. The minimum Gasteiger partial charge on any atom is -0.481 e. The molecule has 0 saturated heterocycles. The zero-order valence-corrected chi connectivity index (χ0v) is 12.6. The van der Waals surface area contributed by atoms with Crippen LogP contribution in [0, 0.1) is 0 Å². The first-order valence-electron chi connectivity index (χ1n) is 7.78. The molecule has 2 rings (SSSR count). The lowest BCUT2D eigenvalue weighted by atomic mass is 9.96. The van der Waals surface area contributed by atoms with E-state index in [1.165, 1.54) is 6.42 Å². The molecule has 2 N–H and O–H groups in total. The van der Waals surface area contributed by atoms with Crippen LogP contribution in [0.1, 0.15) is 55.3 Å². The number of hydrogen-bond donors (Lipinski definition) is 2. The van der Waals surface area contributed by atoms with E-state index < -0.39 is 5.97 Å². The van der Waals surface area contributed by atoms with Crippen molar-refractivity contribution in [3.63, 3.8) is 0 Å². The molecule has 1 amide bonds. The van der Waals surface area contributed by atoms with Gasteiger partial charge in [0.15, 0.2) is 0 Å². The van der Waals surface area contributed by atoms with Gasteiger partial charge in [-0.25, -0.2) is 4.98 Å². The van der Waals surface area contributed by atoms with Crippen LogP contribution in [0.4, 0.5) is 0 Å². The van der Waals surface area contributed by atoms with Crippen LogP contribution < -0.4 is 10.1 Å². The van der Waals surface area contributed by atoms with Crippen molar-refractivity contribution in [3.05, 3.63) is 23.9 Å². The second-order valence-corrected chi connectivity index (χ2v) is 5.51. The topological polar surface area (TPSA) is 88.5 Å². The van der Waals surface area contributed by atoms with Gasteiger partial charge in [-0.1, -0.05) is 6.42 Å². The van der Waals surface area contributed by atoms with Gasteiger partial charge in [-0.05, 0) is 38.2 Å².